The van der Waals surface area contributed by atoms with Gasteiger partial charge in [-0.1, -0.05) is 4.98 Å². The normalized spacial score (nSPS) is 26.3. The van der Waals surface area contributed by atoms with Crippen LogP contribution in [0.4, 0.5) is 5.95 Å². The first-order valence-electron chi connectivity index (χ1n) is 8.00. The summed E-state index contributed by atoms with van der Waals surface area (Å²) >= 11 is 0. The first-order chi connectivity index (χ1) is 11.7. The molecule has 0 spiro atoms. The van der Waals surface area contributed by atoms with Crippen molar-refractivity contribution in [1.29, 1.82) is 0 Å². The summed E-state index contributed by atoms with van der Waals surface area (Å²) in [5.41, 5.74) is 5.92. The van der Waals surface area contributed by atoms with Crippen LogP contribution in [-0.2, 0) is 16.6 Å². The number of H-pyrrole nitrogens is 1. The number of nitrogens with two attached hydrogens (primary N) is 1. The van der Waals surface area contributed by atoms with Crippen LogP contribution in [-0.4, -0.2) is 56.8 Å². The SMILES string of the molecule is C[C@H]1O[C@@H]([n+]2cn(C)c3c(=O)[nH]c(N)nc32)[C@H](O)C1CC(=O)N(C)C. The molecule has 25 heavy (non-hydrogen) atoms. The monoisotopic (exact) mass is 351 g/mol. The van der Waals surface area contributed by atoms with Gasteiger partial charge in [0.05, 0.1) is 13.2 Å². The molecule has 1 amide bonds. The van der Waals surface area contributed by atoms with Crippen LogP contribution < -0.4 is 15.9 Å². The standard InChI is InChI=1S/C15H22N6O4/c1-7-8(5-9(22)19(2)3)11(23)14(25-7)21-6-20(4)10-12(21)17-15(16)18-13(10)24/h6-8,11,14,23H,5H2,1-4H3,(H2-,16,17,18,24)/p+1/t7-,8?,11-,14-/m1/s1. The summed E-state index contributed by atoms with van der Waals surface area (Å²) in [6.07, 6.45) is -0.202. The molecule has 4 N–H and O–H groups in total. The molecule has 1 unspecified atom stereocenters. The number of anilines is 1. The first-order valence-corrected chi connectivity index (χ1v) is 8.00. The molecule has 2 aromatic heterocycles. The Bertz CT molecular complexity index is 873. The minimum atomic E-state index is -0.920. The zero-order valence-corrected chi connectivity index (χ0v) is 14.6. The van der Waals surface area contributed by atoms with Gasteiger partial charge in [-0.05, 0) is 6.92 Å². The Labute approximate surface area is 143 Å². The number of aromatic nitrogens is 4. The highest BCUT2D eigenvalue weighted by molar-refractivity contribution is 5.76. The molecule has 10 heteroatoms. The maximum Gasteiger partial charge on any atom is 0.313 e. The zero-order chi connectivity index (χ0) is 18.5. The van der Waals surface area contributed by atoms with E-state index in [4.69, 9.17) is 10.5 Å². The number of amides is 1. The number of aliphatic hydroxyl groups excluding tert-OH is 1. The van der Waals surface area contributed by atoms with Crippen LogP contribution in [0.2, 0.25) is 0 Å². The fourth-order valence-corrected chi connectivity index (χ4v) is 3.25. The van der Waals surface area contributed by atoms with Gasteiger partial charge in [0.2, 0.25) is 17.7 Å². The smallest absolute Gasteiger partial charge is 0.313 e. The van der Waals surface area contributed by atoms with Crippen molar-refractivity contribution >= 4 is 23.0 Å². The summed E-state index contributed by atoms with van der Waals surface area (Å²) in [4.78, 5) is 32.2. The van der Waals surface area contributed by atoms with Gasteiger partial charge in [-0.2, -0.15) is 0 Å². The predicted octanol–water partition coefficient (Wildman–Crippen LogP) is -1.50. The molecule has 136 valence electrons. The van der Waals surface area contributed by atoms with E-state index in [9.17, 15) is 14.7 Å². The topological polar surface area (TPSA) is 130 Å². The van der Waals surface area contributed by atoms with Crippen LogP contribution in [0.15, 0.2) is 11.1 Å². The lowest BCUT2D eigenvalue weighted by atomic mass is 9.94. The molecule has 2 aromatic rings. The van der Waals surface area contributed by atoms with Crippen molar-refractivity contribution < 1.29 is 19.2 Å². The summed E-state index contributed by atoms with van der Waals surface area (Å²) in [6, 6.07) is 0. The average Bonchev–Trinajstić information content (AvgIpc) is 2.98. The second kappa shape index (κ2) is 6.12. The van der Waals surface area contributed by atoms with Gasteiger partial charge in [0.25, 0.3) is 11.5 Å². The molecule has 0 saturated carbocycles. The molecule has 0 aromatic carbocycles. The maximum atomic E-state index is 12.1. The Morgan fingerprint density at radius 2 is 2.24 bits per heavy atom. The van der Waals surface area contributed by atoms with Gasteiger partial charge in [-0.15, -0.1) is 0 Å². The zero-order valence-electron chi connectivity index (χ0n) is 14.6. The van der Waals surface area contributed by atoms with Gasteiger partial charge < -0.3 is 20.5 Å². The molecule has 0 bridgehead atoms. The van der Waals surface area contributed by atoms with Gasteiger partial charge in [0.15, 0.2) is 6.33 Å². The van der Waals surface area contributed by atoms with Crippen molar-refractivity contribution in [3.63, 3.8) is 0 Å². The van der Waals surface area contributed by atoms with Gasteiger partial charge >= 0.3 is 5.65 Å². The number of hydrogen-bond acceptors (Lipinski definition) is 6. The summed E-state index contributed by atoms with van der Waals surface area (Å²) in [5.74, 6) is -0.457. The largest absolute Gasteiger partial charge is 0.386 e. The van der Waals surface area contributed by atoms with E-state index < -0.39 is 12.3 Å². The minimum Gasteiger partial charge on any atom is -0.386 e. The molecule has 1 aliphatic rings. The second-order valence-corrected chi connectivity index (χ2v) is 6.64. The van der Waals surface area contributed by atoms with Crippen molar-refractivity contribution in [2.75, 3.05) is 19.8 Å². The lowest BCUT2D eigenvalue weighted by Gasteiger charge is -2.19. The van der Waals surface area contributed by atoms with Gasteiger partial charge in [0, 0.05) is 26.4 Å². The molecular formula is C15H23N6O4+. The number of aryl methyl sites for hydroxylation is 1. The summed E-state index contributed by atoms with van der Waals surface area (Å²) in [7, 11) is 5.04. The number of aliphatic hydroxyl groups is 1. The van der Waals surface area contributed by atoms with E-state index in [0.717, 1.165) is 0 Å². The fourth-order valence-electron chi connectivity index (χ4n) is 3.25. The Kier molecular flexibility index (Phi) is 4.25. The molecule has 1 fully saturated rings. The number of carbonyl (C=O) groups is 1. The van der Waals surface area contributed by atoms with Crippen molar-refractivity contribution in [1.82, 2.24) is 19.4 Å². The number of hydrogen-bond donors (Lipinski definition) is 3. The lowest BCUT2D eigenvalue weighted by molar-refractivity contribution is -0.745. The molecule has 3 rings (SSSR count). The van der Waals surface area contributed by atoms with Crippen LogP contribution in [0.25, 0.3) is 11.2 Å². The average molecular weight is 351 g/mol. The number of imidazole rings is 1. The van der Waals surface area contributed by atoms with Crippen molar-refractivity contribution in [3.8, 4) is 0 Å². The van der Waals surface area contributed by atoms with Crippen molar-refractivity contribution in [2.45, 2.75) is 31.8 Å². The van der Waals surface area contributed by atoms with Crippen LogP contribution in [0, 0.1) is 5.92 Å². The van der Waals surface area contributed by atoms with E-state index in [1.807, 2.05) is 6.92 Å². The third-order valence-corrected chi connectivity index (χ3v) is 4.66. The third kappa shape index (κ3) is 2.87. The van der Waals surface area contributed by atoms with Gasteiger partial charge in [-0.25, -0.2) is 4.57 Å². The van der Waals surface area contributed by atoms with E-state index in [1.165, 1.54) is 4.90 Å². The molecule has 1 saturated heterocycles. The first kappa shape index (κ1) is 17.4. The van der Waals surface area contributed by atoms with Crippen LogP contribution in [0.3, 0.4) is 0 Å². The fraction of sp³-hybridized carbons (Fsp3) is 0.600. The lowest BCUT2D eigenvalue weighted by Crippen LogP contribution is -2.45. The summed E-state index contributed by atoms with van der Waals surface area (Å²) in [6.45, 7) is 1.82. The van der Waals surface area contributed by atoms with E-state index in [-0.39, 0.29) is 35.9 Å². The van der Waals surface area contributed by atoms with Crippen molar-refractivity contribution in [2.24, 2.45) is 13.0 Å². The van der Waals surface area contributed by atoms with Crippen LogP contribution >= 0.6 is 0 Å². The van der Waals surface area contributed by atoms with Crippen LogP contribution in [0.1, 0.15) is 19.6 Å². The molecule has 0 radical (unpaired) electrons. The number of rotatable bonds is 3. The second-order valence-electron chi connectivity index (χ2n) is 6.64. The van der Waals surface area contributed by atoms with Gasteiger partial charge in [-0.3, -0.25) is 19.1 Å². The Morgan fingerprint density at radius 1 is 1.56 bits per heavy atom. The highest BCUT2D eigenvalue weighted by Gasteiger charge is 2.46. The number of nitrogen functional groups attached to an aromatic ring is 1. The minimum absolute atomic E-state index is 0.0164. The van der Waals surface area contributed by atoms with Crippen molar-refractivity contribution in [3.05, 3.63) is 16.7 Å². The number of ether oxygens (including phenoxy) is 1. The van der Waals surface area contributed by atoms with Gasteiger partial charge in [0.1, 0.15) is 6.10 Å². The van der Waals surface area contributed by atoms with E-state index >= 15 is 0 Å². The maximum absolute atomic E-state index is 12.1. The number of aromatic amines is 1. The predicted molar refractivity (Wildman–Crippen MR) is 88.3 cm³/mol. The number of nitrogens with zero attached hydrogens (tertiary/aromatic N) is 4. The highest BCUT2D eigenvalue weighted by atomic mass is 16.5. The Morgan fingerprint density at radius 3 is 2.88 bits per heavy atom. The summed E-state index contributed by atoms with van der Waals surface area (Å²) in [5, 5.41) is 10.7. The van der Waals surface area contributed by atoms with E-state index in [0.29, 0.717) is 11.2 Å². The molecule has 4 atom stereocenters. The number of carbonyl (C=O) groups excluding carboxylic acids is 1. The molecule has 10 nitrogen and oxygen atoms in total. The molecular weight excluding hydrogens is 328 g/mol. The summed E-state index contributed by atoms with van der Waals surface area (Å²) < 4.78 is 9.07. The molecule has 0 aliphatic carbocycles. The molecule has 3 heterocycles. The third-order valence-electron chi connectivity index (χ3n) is 4.66. The quantitative estimate of drug-likeness (QED) is 0.577. The number of nitrogens with one attached hydrogen (secondary N) is 1. The highest BCUT2D eigenvalue weighted by Crippen LogP contribution is 2.33. The van der Waals surface area contributed by atoms with E-state index in [2.05, 4.69) is 9.97 Å². The van der Waals surface area contributed by atoms with Crippen LogP contribution in [0.5, 0.6) is 0 Å². The number of fused-ring (bicyclic) bond motifs is 1. The Balaban J connectivity index is 1.99. The Hall–Kier alpha value is -2.46. The molecule has 1 aliphatic heterocycles. The van der Waals surface area contributed by atoms with E-state index in [1.54, 1.807) is 36.6 Å².